The number of nitrogens with one attached hydrogen (secondary N) is 2. The van der Waals surface area contributed by atoms with Gasteiger partial charge in [0, 0.05) is 25.6 Å². The fourth-order valence-corrected chi connectivity index (χ4v) is 1.99. The number of hydrogen-bond acceptors (Lipinski definition) is 3. The highest BCUT2D eigenvalue weighted by atomic mass is 16.3. The van der Waals surface area contributed by atoms with Gasteiger partial charge in [-0.05, 0) is 38.1 Å². The molecule has 0 saturated heterocycles. The summed E-state index contributed by atoms with van der Waals surface area (Å²) in [5.74, 6) is 0.109. The quantitative estimate of drug-likeness (QED) is 0.572. The molecule has 0 spiro atoms. The summed E-state index contributed by atoms with van der Waals surface area (Å²) >= 11 is 0. The summed E-state index contributed by atoms with van der Waals surface area (Å²) in [5, 5.41) is 15.1. The van der Waals surface area contributed by atoms with Gasteiger partial charge >= 0.3 is 0 Å². The first-order valence-electron chi connectivity index (χ1n) is 6.23. The van der Waals surface area contributed by atoms with Gasteiger partial charge in [0.1, 0.15) is 0 Å². The molecule has 0 aromatic rings. The van der Waals surface area contributed by atoms with Crippen LogP contribution >= 0.6 is 0 Å². The molecule has 1 saturated carbocycles. The Balaban J connectivity index is 2.15. The van der Waals surface area contributed by atoms with Crippen molar-refractivity contribution in [3.63, 3.8) is 0 Å². The zero-order valence-electron chi connectivity index (χ0n) is 10.4. The minimum absolute atomic E-state index is 0.109. The predicted molar refractivity (Wildman–Crippen MR) is 64.1 cm³/mol. The van der Waals surface area contributed by atoms with Crippen molar-refractivity contribution in [3.05, 3.63) is 0 Å². The number of rotatable bonds is 8. The van der Waals surface area contributed by atoms with Crippen molar-refractivity contribution >= 4 is 5.91 Å². The highest BCUT2D eigenvalue weighted by molar-refractivity contribution is 5.76. The Hall–Kier alpha value is -0.610. The maximum absolute atomic E-state index is 11.6. The van der Waals surface area contributed by atoms with Gasteiger partial charge in [0.05, 0.1) is 0 Å². The van der Waals surface area contributed by atoms with Gasteiger partial charge in [-0.15, -0.1) is 0 Å². The average Bonchev–Trinajstić information content (AvgIpc) is 2.97. The third kappa shape index (κ3) is 4.49. The fraction of sp³-hybridized carbons (Fsp3) is 0.917. The number of amides is 1. The predicted octanol–water partition coefficient (Wildman–Crippen LogP) is 0.653. The van der Waals surface area contributed by atoms with Crippen LogP contribution in [0.25, 0.3) is 0 Å². The van der Waals surface area contributed by atoms with Crippen LogP contribution in [-0.4, -0.2) is 36.8 Å². The minimum Gasteiger partial charge on any atom is -0.396 e. The second-order valence-electron chi connectivity index (χ2n) is 4.91. The third-order valence-corrected chi connectivity index (χ3v) is 3.30. The maximum Gasteiger partial charge on any atom is 0.221 e. The summed E-state index contributed by atoms with van der Waals surface area (Å²) in [6, 6.07) is 0.234. The summed E-state index contributed by atoms with van der Waals surface area (Å²) in [5.41, 5.74) is 0.214. The Morgan fingerprint density at radius 3 is 2.69 bits per heavy atom. The van der Waals surface area contributed by atoms with E-state index < -0.39 is 0 Å². The van der Waals surface area contributed by atoms with E-state index in [1.54, 1.807) is 0 Å². The summed E-state index contributed by atoms with van der Waals surface area (Å²) in [7, 11) is 0. The van der Waals surface area contributed by atoms with Crippen molar-refractivity contribution in [2.45, 2.75) is 45.6 Å². The molecule has 0 radical (unpaired) electrons. The van der Waals surface area contributed by atoms with Crippen molar-refractivity contribution < 1.29 is 9.90 Å². The van der Waals surface area contributed by atoms with E-state index in [0.717, 1.165) is 32.4 Å². The van der Waals surface area contributed by atoms with Crippen LogP contribution < -0.4 is 10.6 Å². The van der Waals surface area contributed by atoms with E-state index in [1.807, 2.05) is 13.8 Å². The largest absolute Gasteiger partial charge is 0.396 e. The SMILES string of the molecule is CCNC(C)CC(=O)NCC1(CCO)CC1. The number of aliphatic hydroxyl groups excluding tert-OH is 1. The van der Waals surface area contributed by atoms with Crippen molar-refractivity contribution in [3.8, 4) is 0 Å². The van der Waals surface area contributed by atoms with Gasteiger partial charge < -0.3 is 15.7 Å². The lowest BCUT2D eigenvalue weighted by molar-refractivity contribution is -0.121. The fourth-order valence-electron chi connectivity index (χ4n) is 1.99. The van der Waals surface area contributed by atoms with Gasteiger partial charge in [-0.3, -0.25) is 4.79 Å². The molecular formula is C12H24N2O2. The van der Waals surface area contributed by atoms with Crippen molar-refractivity contribution in [1.29, 1.82) is 0 Å². The molecule has 1 rings (SSSR count). The molecule has 3 N–H and O–H groups in total. The molecule has 94 valence electrons. The molecule has 0 aliphatic heterocycles. The molecule has 0 bridgehead atoms. The van der Waals surface area contributed by atoms with Gasteiger partial charge in [0.2, 0.25) is 5.91 Å². The summed E-state index contributed by atoms with van der Waals surface area (Å²) < 4.78 is 0. The highest BCUT2D eigenvalue weighted by Crippen LogP contribution is 2.47. The first-order valence-corrected chi connectivity index (χ1v) is 6.23. The average molecular weight is 228 g/mol. The second-order valence-corrected chi connectivity index (χ2v) is 4.91. The summed E-state index contributed by atoms with van der Waals surface area (Å²) in [4.78, 5) is 11.6. The van der Waals surface area contributed by atoms with E-state index >= 15 is 0 Å². The third-order valence-electron chi connectivity index (χ3n) is 3.30. The molecule has 4 heteroatoms. The van der Waals surface area contributed by atoms with Crippen molar-refractivity contribution in [2.75, 3.05) is 19.7 Å². The minimum atomic E-state index is 0.109. The van der Waals surface area contributed by atoms with Crippen LogP contribution in [0.15, 0.2) is 0 Å². The van der Waals surface area contributed by atoms with Gasteiger partial charge in [0.15, 0.2) is 0 Å². The molecular weight excluding hydrogens is 204 g/mol. The monoisotopic (exact) mass is 228 g/mol. The second kappa shape index (κ2) is 6.21. The number of aliphatic hydroxyl groups is 1. The van der Waals surface area contributed by atoms with Crippen molar-refractivity contribution in [1.82, 2.24) is 10.6 Å². The molecule has 1 fully saturated rings. The van der Waals surface area contributed by atoms with E-state index in [0.29, 0.717) is 6.42 Å². The molecule has 0 aromatic heterocycles. The van der Waals surface area contributed by atoms with Crippen molar-refractivity contribution in [2.24, 2.45) is 5.41 Å². The normalized spacial score (nSPS) is 19.2. The Kier molecular flexibility index (Phi) is 5.22. The zero-order valence-corrected chi connectivity index (χ0v) is 10.4. The first-order chi connectivity index (χ1) is 7.62. The Morgan fingerprint density at radius 1 is 1.50 bits per heavy atom. The Morgan fingerprint density at radius 2 is 2.19 bits per heavy atom. The van der Waals surface area contributed by atoms with E-state index in [1.165, 1.54) is 0 Å². The Labute approximate surface area is 97.8 Å². The first kappa shape index (κ1) is 13.5. The van der Waals surface area contributed by atoms with Crippen LogP contribution in [0.1, 0.15) is 39.5 Å². The van der Waals surface area contributed by atoms with Gasteiger partial charge in [-0.2, -0.15) is 0 Å². The molecule has 1 aliphatic carbocycles. The molecule has 0 aromatic carbocycles. The van der Waals surface area contributed by atoms with E-state index in [9.17, 15) is 4.79 Å². The summed E-state index contributed by atoms with van der Waals surface area (Å²) in [6.45, 7) is 5.90. The van der Waals surface area contributed by atoms with Crippen LogP contribution in [0.5, 0.6) is 0 Å². The van der Waals surface area contributed by atoms with E-state index in [4.69, 9.17) is 5.11 Å². The zero-order chi connectivity index (χ0) is 12.0. The maximum atomic E-state index is 11.6. The van der Waals surface area contributed by atoms with Gasteiger partial charge in [0.25, 0.3) is 0 Å². The van der Waals surface area contributed by atoms with E-state index in [-0.39, 0.29) is 24.0 Å². The van der Waals surface area contributed by atoms with Crippen LogP contribution in [0, 0.1) is 5.41 Å². The molecule has 1 amide bonds. The molecule has 1 atom stereocenters. The van der Waals surface area contributed by atoms with Crippen LogP contribution in [-0.2, 0) is 4.79 Å². The topological polar surface area (TPSA) is 61.4 Å². The molecule has 0 heterocycles. The number of carbonyl (C=O) groups excluding carboxylic acids is 1. The Bertz CT molecular complexity index is 227. The molecule has 16 heavy (non-hydrogen) atoms. The summed E-state index contributed by atoms with van der Waals surface area (Å²) in [6.07, 6.45) is 3.62. The van der Waals surface area contributed by atoms with Gasteiger partial charge in [-0.1, -0.05) is 6.92 Å². The molecule has 1 aliphatic rings. The molecule has 1 unspecified atom stereocenters. The molecule has 4 nitrogen and oxygen atoms in total. The van der Waals surface area contributed by atoms with E-state index in [2.05, 4.69) is 10.6 Å². The lowest BCUT2D eigenvalue weighted by Crippen LogP contribution is -2.36. The van der Waals surface area contributed by atoms with Gasteiger partial charge in [-0.25, -0.2) is 0 Å². The number of carbonyl (C=O) groups is 1. The highest BCUT2D eigenvalue weighted by Gasteiger charge is 2.41. The number of hydrogen-bond donors (Lipinski definition) is 3. The van der Waals surface area contributed by atoms with Crippen LogP contribution in [0.3, 0.4) is 0 Å². The lowest BCUT2D eigenvalue weighted by Gasteiger charge is -2.16. The van der Waals surface area contributed by atoms with Crippen LogP contribution in [0.2, 0.25) is 0 Å². The van der Waals surface area contributed by atoms with Crippen LogP contribution in [0.4, 0.5) is 0 Å². The smallest absolute Gasteiger partial charge is 0.221 e. The standard InChI is InChI=1S/C12H24N2O2/c1-3-13-10(2)8-11(16)14-9-12(4-5-12)6-7-15/h10,13,15H,3-9H2,1-2H3,(H,14,16). The lowest BCUT2D eigenvalue weighted by atomic mass is 10.0.